The van der Waals surface area contributed by atoms with E-state index in [-0.39, 0.29) is 18.8 Å². The van der Waals surface area contributed by atoms with E-state index in [4.69, 9.17) is 0 Å². The molecule has 3 rings (SSSR count). The summed E-state index contributed by atoms with van der Waals surface area (Å²) in [5.41, 5.74) is -2.34. The molecule has 2 aromatic rings. The first-order valence-electron chi connectivity index (χ1n) is 9.17. The average Bonchev–Trinajstić information content (AvgIpc) is 2.97. The summed E-state index contributed by atoms with van der Waals surface area (Å²) in [7, 11) is 0. The van der Waals surface area contributed by atoms with Crippen molar-refractivity contribution < 1.29 is 22.8 Å². The van der Waals surface area contributed by atoms with Gasteiger partial charge in [0.1, 0.15) is 5.84 Å². The summed E-state index contributed by atoms with van der Waals surface area (Å²) in [6, 6.07) is 16.8. The molecule has 1 atom stereocenters. The van der Waals surface area contributed by atoms with Gasteiger partial charge in [-0.3, -0.25) is 14.5 Å². The smallest absolute Gasteiger partial charge is 0.316 e. The molecule has 5 nitrogen and oxygen atoms in total. The molecule has 8 heteroatoms. The van der Waals surface area contributed by atoms with Crippen molar-refractivity contribution in [2.45, 2.75) is 38.1 Å². The fourth-order valence-electron chi connectivity index (χ4n) is 3.11. The first-order chi connectivity index (χ1) is 13.8. The first-order valence-corrected chi connectivity index (χ1v) is 9.17. The normalized spacial score (nSPS) is 19.2. The molecular weight excluding hydrogens is 383 g/mol. The van der Waals surface area contributed by atoms with E-state index in [1.54, 1.807) is 67.6 Å². The maximum atomic E-state index is 14.1. The maximum absolute atomic E-state index is 14.1. The Labute approximate surface area is 166 Å². The molecule has 1 aliphatic rings. The van der Waals surface area contributed by atoms with E-state index in [0.29, 0.717) is 17.5 Å². The molecule has 152 valence electrons. The quantitative estimate of drug-likeness (QED) is 0.800. The van der Waals surface area contributed by atoms with Crippen LogP contribution in [0.1, 0.15) is 30.9 Å². The number of nitrogens with zero attached hydrogens (tertiary/aromatic N) is 2. The lowest BCUT2D eigenvalue weighted by atomic mass is 10.1. The minimum Gasteiger partial charge on any atom is -0.316 e. The summed E-state index contributed by atoms with van der Waals surface area (Å²) >= 11 is 0. The van der Waals surface area contributed by atoms with Gasteiger partial charge in [-0.25, -0.2) is 4.99 Å². The molecule has 1 heterocycles. The van der Waals surface area contributed by atoms with Crippen LogP contribution in [0.15, 0.2) is 65.7 Å². The summed E-state index contributed by atoms with van der Waals surface area (Å²) in [5, 5.41) is 1.86. The highest BCUT2D eigenvalue weighted by Gasteiger charge is 2.67. The van der Waals surface area contributed by atoms with Crippen LogP contribution in [0.25, 0.3) is 0 Å². The number of amidine groups is 1. The van der Waals surface area contributed by atoms with E-state index in [1.807, 2.05) is 5.32 Å². The van der Waals surface area contributed by atoms with Crippen LogP contribution >= 0.6 is 0 Å². The molecule has 29 heavy (non-hydrogen) atoms. The lowest BCUT2D eigenvalue weighted by molar-refractivity contribution is -0.200. The molecule has 0 radical (unpaired) electrons. The number of amides is 2. The predicted molar refractivity (Wildman–Crippen MR) is 102 cm³/mol. The zero-order valence-electron chi connectivity index (χ0n) is 15.7. The zero-order chi connectivity index (χ0) is 21.1. The molecule has 0 saturated heterocycles. The minimum atomic E-state index is -5.10. The van der Waals surface area contributed by atoms with Gasteiger partial charge in [-0.2, -0.15) is 13.2 Å². The third-order valence-electron chi connectivity index (χ3n) is 4.51. The molecule has 0 aromatic heterocycles. The summed E-state index contributed by atoms with van der Waals surface area (Å²) in [6.45, 7) is 1.56. The topological polar surface area (TPSA) is 61.8 Å². The highest BCUT2D eigenvalue weighted by atomic mass is 19.4. The number of aliphatic imine (C=N–C) groups is 1. The number of rotatable bonds is 6. The van der Waals surface area contributed by atoms with Gasteiger partial charge >= 0.3 is 11.8 Å². The van der Waals surface area contributed by atoms with Gasteiger partial charge in [0, 0.05) is 12.0 Å². The summed E-state index contributed by atoms with van der Waals surface area (Å²) in [5.74, 6) is -2.33. The van der Waals surface area contributed by atoms with Gasteiger partial charge in [0.15, 0.2) is 0 Å². The predicted octanol–water partition coefficient (Wildman–Crippen LogP) is 3.65. The number of benzene rings is 2. The summed E-state index contributed by atoms with van der Waals surface area (Å²) in [6.07, 6.45) is -4.89. The lowest BCUT2D eigenvalue weighted by Crippen LogP contribution is -2.63. The number of hydrogen-bond donors (Lipinski definition) is 1. The molecule has 2 aromatic carbocycles. The molecular formula is C21H20F3N3O2. The molecule has 0 aliphatic carbocycles. The second-order valence-corrected chi connectivity index (χ2v) is 6.68. The van der Waals surface area contributed by atoms with Crippen molar-refractivity contribution in [2.24, 2.45) is 4.99 Å². The van der Waals surface area contributed by atoms with Gasteiger partial charge < -0.3 is 5.32 Å². The monoisotopic (exact) mass is 403 g/mol. The van der Waals surface area contributed by atoms with Gasteiger partial charge in [0.05, 0.1) is 6.54 Å². The SMILES string of the molecule is CCCC(=O)N[C@]1(C(F)(F)F)N=C(c2ccccc2)N(Cc2ccccc2)C1=O. The van der Waals surface area contributed by atoms with Gasteiger partial charge in [-0.05, 0) is 12.0 Å². The molecule has 0 bridgehead atoms. The van der Waals surface area contributed by atoms with E-state index in [0.717, 1.165) is 4.90 Å². The average molecular weight is 403 g/mol. The van der Waals surface area contributed by atoms with Crippen LogP contribution in [-0.4, -0.2) is 34.4 Å². The number of hydrogen-bond acceptors (Lipinski definition) is 3. The number of nitrogens with one attached hydrogen (secondary N) is 1. The summed E-state index contributed by atoms with van der Waals surface area (Å²) < 4.78 is 42.3. The van der Waals surface area contributed by atoms with E-state index in [2.05, 4.69) is 4.99 Å². The van der Waals surface area contributed by atoms with Crippen LogP contribution in [-0.2, 0) is 16.1 Å². The third-order valence-corrected chi connectivity index (χ3v) is 4.51. The van der Waals surface area contributed by atoms with Crippen LogP contribution in [0.3, 0.4) is 0 Å². The lowest BCUT2D eigenvalue weighted by Gasteiger charge is -2.29. The Bertz CT molecular complexity index is 914. The van der Waals surface area contributed by atoms with E-state index < -0.39 is 23.7 Å². The molecule has 1 aliphatic heterocycles. The van der Waals surface area contributed by atoms with Crippen LogP contribution in [0.5, 0.6) is 0 Å². The van der Waals surface area contributed by atoms with Gasteiger partial charge in [-0.15, -0.1) is 0 Å². The number of halogens is 3. The van der Waals surface area contributed by atoms with Crippen molar-refractivity contribution in [1.82, 2.24) is 10.2 Å². The first kappa shape index (κ1) is 20.6. The Balaban J connectivity index is 2.10. The second kappa shape index (κ2) is 8.06. The van der Waals surface area contributed by atoms with E-state index >= 15 is 0 Å². The van der Waals surface area contributed by atoms with Crippen molar-refractivity contribution in [3.63, 3.8) is 0 Å². The van der Waals surface area contributed by atoms with Gasteiger partial charge in [-0.1, -0.05) is 67.6 Å². The van der Waals surface area contributed by atoms with Crippen molar-refractivity contribution in [2.75, 3.05) is 0 Å². The number of carbonyl (C=O) groups is 2. The number of alkyl halides is 3. The Morgan fingerprint density at radius 2 is 1.66 bits per heavy atom. The largest absolute Gasteiger partial charge is 0.442 e. The van der Waals surface area contributed by atoms with E-state index in [1.165, 1.54) is 0 Å². The molecule has 2 amide bonds. The van der Waals surface area contributed by atoms with E-state index in [9.17, 15) is 22.8 Å². The van der Waals surface area contributed by atoms with Crippen LogP contribution < -0.4 is 5.32 Å². The van der Waals surface area contributed by atoms with Gasteiger partial charge in [0.25, 0.3) is 5.91 Å². The molecule has 0 fully saturated rings. The second-order valence-electron chi connectivity index (χ2n) is 6.68. The fourth-order valence-corrected chi connectivity index (χ4v) is 3.11. The Kier molecular flexibility index (Phi) is 5.72. The van der Waals surface area contributed by atoms with Crippen molar-refractivity contribution >= 4 is 17.6 Å². The highest BCUT2D eigenvalue weighted by molar-refractivity contribution is 6.16. The van der Waals surface area contributed by atoms with Crippen molar-refractivity contribution in [3.05, 3.63) is 71.8 Å². The molecule has 0 saturated carbocycles. The Hall–Kier alpha value is -3.16. The van der Waals surface area contributed by atoms with Crippen molar-refractivity contribution in [3.8, 4) is 0 Å². The number of carbonyl (C=O) groups excluding carboxylic acids is 2. The van der Waals surface area contributed by atoms with Crippen LogP contribution in [0.2, 0.25) is 0 Å². The molecule has 0 spiro atoms. The van der Waals surface area contributed by atoms with Gasteiger partial charge in [0.2, 0.25) is 5.91 Å². The zero-order valence-corrected chi connectivity index (χ0v) is 15.7. The fraction of sp³-hybridized carbons (Fsp3) is 0.286. The Morgan fingerprint density at radius 1 is 1.07 bits per heavy atom. The Morgan fingerprint density at radius 3 is 2.21 bits per heavy atom. The molecule has 1 N–H and O–H groups in total. The minimum absolute atomic E-state index is 0.102. The van der Waals surface area contributed by atoms with Crippen LogP contribution in [0, 0.1) is 0 Å². The standard InChI is InChI=1S/C21H20F3N3O2/c1-2-9-17(28)25-20(21(22,23)24)19(29)27(14-15-10-5-3-6-11-15)18(26-20)16-12-7-4-8-13-16/h3-8,10-13H,2,9,14H2,1H3,(H,25,28)/t20-/m0/s1. The third kappa shape index (κ3) is 4.01. The van der Waals surface area contributed by atoms with Crippen molar-refractivity contribution in [1.29, 1.82) is 0 Å². The summed E-state index contributed by atoms with van der Waals surface area (Å²) in [4.78, 5) is 29.9. The van der Waals surface area contributed by atoms with Crippen LogP contribution in [0.4, 0.5) is 13.2 Å². The maximum Gasteiger partial charge on any atom is 0.442 e. The highest BCUT2D eigenvalue weighted by Crippen LogP contribution is 2.39. The molecule has 0 unspecified atom stereocenters.